The van der Waals surface area contributed by atoms with Crippen molar-refractivity contribution < 1.29 is 19.1 Å². The van der Waals surface area contributed by atoms with E-state index in [2.05, 4.69) is 20.7 Å². The third-order valence-corrected chi connectivity index (χ3v) is 2.44. The number of methoxy groups -OCH3 is 1. The smallest absolute Gasteiger partial charge is 0.411 e. The highest BCUT2D eigenvalue weighted by atomic mass is 16.6. The number of hydrogen-bond acceptors (Lipinski definition) is 5. The summed E-state index contributed by atoms with van der Waals surface area (Å²) >= 11 is 0. The Kier molecular flexibility index (Phi) is 6.49. The summed E-state index contributed by atoms with van der Waals surface area (Å²) in [6, 6.07) is 7.14. The van der Waals surface area contributed by atoms with Gasteiger partial charge in [-0.2, -0.15) is 0 Å². The van der Waals surface area contributed by atoms with Crippen molar-refractivity contribution in [2.45, 2.75) is 26.4 Å². The number of carbonyl (C=O) groups excluding carboxylic acids is 2. The highest BCUT2D eigenvalue weighted by Gasteiger charge is 2.15. The third-order valence-electron chi connectivity index (χ3n) is 2.44. The number of hydrogen-bond donors (Lipinski definition) is 3. The van der Waals surface area contributed by atoms with Crippen LogP contribution in [0.1, 0.15) is 20.8 Å². The Bertz CT molecular complexity index is 495. The number of nitrogens with one attached hydrogen (secondary N) is 3. The molecule has 2 amide bonds. The Morgan fingerprint density at radius 2 is 1.59 bits per heavy atom. The molecule has 0 spiro atoms. The number of carbonyl (C=O) groups is 2. The van der Waals surface area contributed by atoms with Gasteiger partial charge >= 0.3 is 12.2 Å². The molecule has 7 nitrogen and oxygen atoms in total. The van der Waals surface area contributed by atoms with Gasteiger partial charge in [0.2, 0.25) is 0 Å². The van der Waals surface area contributed by atoms with Crippen LogP contribution in [0.3, 0.4) is 0 Å². The lowest BCUT2D eigenvalue weighted by molar-refractivity contribution is 0.0530. The van der Waals surface area contributed by atoms with Crippen molar-refractivity contribution in [2.75, 3.05) is 30.8 Å². The monoisotopic (exact) mass is 309 g/mol. The molecule has 0 aliphatic rings. The minimum absolute atomic E-state index is 0.438. The van der Waals surface area contributed by atoms with Crippen LogP contribution in [-0.2, 0) is 9.47 Å². The van der Waals surface area contributed by atoms with Gasteiger partial charge in [0.25, 0.3) is 0 Å². The predicted octanol–water partition coefficient (Wildman–Crippen LogP) is 2.80. The minimum Gasteiger partial charge on any atom is -0.453 e. The van der Waals surface area contributed by atoms with E-state index in [1.807, 2.05) is 32.9 Å². The summed E-state index contributed by atoms with van der Waals surface area (Å²) in [4.78, 5) is 22.5. The topological polar surface area (TPSA) is 88.7 Å². The van der Waals surface area contributed by atoms with Crippen LogP contribution >= 0.6 is 0 Å². The summed E-state index contributed by atoms with van der Waals surface area (Å²) in [6.07, 6.45) is -0.950. The molecule has 1 aromatic rings. The van der Waals surface area contributed by atoms with E-state index in [-0.39, 0.29) is 0 Å². The van der Waals surface area contributed by atoms with E-state index in [9.17, 15) is 9.59 Å². The molecule has 0 aliphatic heterocycles. The first kappa shape index (κ1) is 17.6. The van der Waals surface area contributed by atoms with Crippen LogP contribution in [0, 0.1) is 0 Å². The van der Waals surface area contributed by atoms with Gasteiger partial charge in [0.1, 0.15) is 5.60 Å². The van der Waals surface area contributed by atoms with Crippen LogP contribution in [0.4, 0.5) is 21.0 Å². The molecular formula is C15H23N3O4. The van der Waals surface area contributed by atoms with Crippen LogP contribution < -0.4 is 16.0 Å². The molecule has 22 heavy (non-hydrogen) atoms. The van der Waals surface area contributed by atoms with Gasteiger partial charge in [-0.05, 0) is 45.0 Å². The summed E-state index contributed by atoms with van der Waals surface area (Å²) < 4.78 is 9.63. The molecule has 3 N–H and O–H groups in total. The van der Waals surface area contributed by atoms with Crippen molar-refractivity contribution in [3.8, 4) is 0 Å². The summed E-state index contributed by atoms with van der Waals surface area (Å²) in [6.45, 7) is 6.44. The van der Waals surface area contributed by atoms with Crippen LogP contribution in [0.5, 0.6) is 0 Å². The summed E-state index contributed by atoms with van der Waals surface area (Å²) in [5.74, 6) is 0. The van der Waals surface area contributed by atoms with Gasteiger partial charge in [-0.15, -0.1) is 0 Å². The molecule has 1 aromatic carbocycles. The lowest BCUT2D eigenvalue weighted by atomic mass is 10.2. The number of ether oxygens (including phenoxy) is 2. The maximum Gasteiger partial charge on any atom is 0.411 e. The first-order valence-electron chi connectivity index (χ1n) is 6.96. The molecule has 0 unspecified atom stereocenters. The molecule has 0 saturated heterocycles. The van der Waals surface area contributed by atoms with Gasteiger partial charge in [-0.3, -0.25) is 5.32 Å². The SMILES string of the molecule is COC(=O)Nc1ccc(NCCNC(=O)OC(C)(C)C)cc1. The van der Waals surface area contributed by atoms with E-state index in [1.165, 1.54) is 7.11 Å². The zero-order chi connectivity index (χ0) is 16.6. The summed E-state index contributed by atoms with van der Waals surface area (Å²) in [5.41, 5.74) is 1.02. The maximum absolute atomic E-state index is 11.4. The van der Waals surface area contributed by atoms with Crippen LogP contribution in [0.25, 0.3) is 0 Å². The fourth-order valence-electron chi connectivity index (χ4n) is 1.53. The van der Waals surface area contributed by atoms with Gasteiger partial charge < -0.3 is 20.1 Å². The average molecular weight is 309 g/mol. The fraction of sp³-hybridized carbons (Fsp3) is 0.467. The lowest BCUT2D eigenvalue weighted by Crippen LogP contribution is -2.34. The Labute approximate surface area is 130 Å². The van der Waals surface area contributed by atoms with Crippen LogP contribution in [-0.4, -0.2) is 38.0 Å². The number of anilines is 2. The first-order valence-corrected chi connectivity index (χ1v) is 6.96. The van der Waals surface area contributed by atoms with E-state index in [4.69, 9.17) is 4.74 Å². The Morgan fingerprint density at radius 1 is 1.00 bits per heavy atom. The second-order valence-corrected chi connectivity index (χ2v) is 5.55. The first-order chi connectivity index (χ1) is 10.3. The second kappa shape index (κ2) is 8.11. The van der Waals surface area contributed by atoms with Gasteiger partial charge in [0.15, 0.2) is 0 Å². The zero-order valence-corrected chi connectivity index (χ0v) is 13.4. The largest absolute Gasteiger partial charge is 0.453 e. The van der Waals surface area contributed by atoms with Gasteiger partial charge in [0, 0.05) is 24.5 Å². The molecule has 0 radical (unpaired) electrons. The lowest BCUT2D eigenvalue weighted by Gasteiger charge is -2.19. The maximum atomic E-state index is 11.4. The van der Waals surface area contributed by atoms with Crippen molar-refractivity contribution in [2.24, 2.45) is 0 Å². The Balaban J connectivity index is 2.28. The molecular weight excluding hydrogens is 286 g/mol. The van der Waals surface area contributed by atoms with Gasteiger partial charge in [-0.1, -0.05) is 0 Å². The third kappa shape index (κ3) is 7.37. The average Bonchev–Trinajstić information content (AvgIpc) is 2.43. The predicted molar refractivity (Wildman–Crippen MR) is 85.2 cm³/mol. The number of alkyl carbamates (subject to hydrolysis) is 1. The van der Waals surface area contributed by atoms with E-state index in [0.717, 1.165) is 5.69 Å². The van der Waals surface area contributed by atoms with E-state index in [0.29, 0.717) is 18.8 Å². The molecule has 0 atom stereocenters. The second-order valence-electron chi connectivity index (χ2n) is 5.55. The molecule has 0 fully saturated rings. The van der Waals surface area contributed by atoms with Crippen LogP contribution in [0.15, 0.2) is 24.3 Å². The highest BCUT2D eigenvalue weighted by molar-refractivity contribution is 5.84. The van der Waals surface area contributed by atoms with E-state index in [1.54, 1.807) is 12.1 Å². The standard InChI is InChI=1S/C15H23N3O4/c1-15(2,3)22-13(19)17-10-9-16-11-5-7-12(8-6-11)18-14(20)21-4/h5-8,16H,9-10H2,1-4H3,(H,17,19)(H,18,20). The quantitative estimate of drug-likeness (QED) is 0.728. The summed E-state index contributed by atoms with van der Waals surface area (Å²) in [7, 11) is 1.31. The molecule has 0 heterocycles. The van der Waals surface area contributed by atoms with Gasteiger partial charge in [0.05, 0.1) is 7.11 Å². The van der Waals surface area contributed by atoms with Crippen LogP contribution in [0.2, 0.25) is 0 Å². The molecule has 0 aromatic heterocycles. The van der Waals surface area contributed by atoms with Crippen molar-refractivity contribution in [1.82, 2.24) is 5.32 Å². The molecule has 7 heteroatoms. The van der Waals surface area contributed by atoms with E-state index >= 15 is 0 Å². The Morgan fingerprint density at radius 3 is 2.14 bits per heavy atom. The number of rotatable bonds is 5. The Hall–Kier alpha value is -2.44. The molecule has 0 saturated carbocycles. The molecule has 1 rings (SSSR count). The zero-order valence-electron chi connectivity index (χ0n) is 13.4. The molecule has 0 bridgehead atoms. The normalized spacial score (nSPS) is 10.5. The van der Waals surface area contributed by atoms with Crippen molar-refractivity contribution in [3.05, 3.63) is 24.3 Å². The van der Waals surface area contributed by atoms with E-state index < -0.39 is 17.8 Å². The number of benzene rings is 1. The highest BCUT2D eigenvalue weighted by Crippen LogP contribution is 2.13. The van der Waals surface area contributed by atoms with Crippen molar-refractivity contribution >= 4 is 23.6 Å². The fourth-order valence-corrected chi connectivity index (χ4v) is 1.53. The molecule has 122 valence electrons. The minimum atomic E-state index is -0.512. The van der Waals surface area contributed by atoms with Gasteiger partial charge in [-0.25, -0.2) is 9.59 Å². The van der Waals surface area contributed by atoms with Crippen molar-refractivity contribution in [3.63, 3.8) is 0 Å². The van der Waals surface area contributed by atoms with Crippen molar-refractivity contribution in [1.29, 1.82) is 0 Å². The number of amides is 2. The molecule has 0 aliphatic carbocycles. The summed E-state index contributed by atoms with van der Waals surface area (Å²) in [5, 5.41) is 8.36.